The van der Waals surface area contributed by atoms with Crippen LogP contribution in [0.2, 0.25) is 5.02 Å². The van der Waals surface area contributed by atoms with Gasteiger partial charge >= 0.3 is 0 Å². The average molecular weight is 441 g/mol. The predicted octanol–water partition coefficient (Wildman–Crippen LogP) is 5.99. The molecule has 27 heavy (non-hydrogen) atoms. The smallest absolute Gasteiger partial charge is 0.248 e. The van der Waals surface area contributed by atoms with Crippen molar-refractivity contribution < 1.29 is 9.59 Å². The van der Waals surface area contributed by atoms with Gasteiger partial charge in [0.05, 0.1) is 10.7 Å². The fraction of sp³-hybridized carbons (Fsp3) is 0. The highest BCUT2D eigenvalue weighted by Gasteiger charge is 2.17. The van der Waals surface area contributed by atoms with Crippen LogP contribution in [0.3, 0.4) is 0 Å². The molecular formula is C22H15BrClNO2. The van der Waals surface area contributed by atoms with Crippen molar-refractivity contribution in [3.05, 3.63) is 105 Å². The third kappa shape index (κ3) is 4.94. The van der Waals surface area contributed by atoms with Gasteiger partial charge in [-0.25, -0.2) is 0 Å². The Hall–Kier alpha value is -2.69. The number of anilines is 1. The van der Waals surface area contributed by atoms with E-state index in [1.807, 2.05) is 30.3 Å². The maximum atomic E-state index is 12.9. The first-order valence-electron chi connectivity index (χ1n) is 8.17. The molecule has 0 aliphatic rings. The number of hydrogen-bond acceptors (Lipinski definition) is 2. The third-order valence-electron chi connectivity index (χ3n) is 3.83. The quantitative estimate of drug-likeness (QED) is 0.391. The van der Waals surface area contributed by atoms with Crippen LogP contribution in [0.15, 0.2) is 83.3 Å². The highest BCUT2D eigenvalue weighted by atomic mass is 79.9. The molecule has 0 aliphatic carbocycles. The van der Waals surface area contributed by atoms with E-state index in [2.05, 4.69) is 21.2 Å². The van der Waals surface area contributed by atoms with Crippen LogP contribution in [-0.2, 0) is 4.79 Å². The Bertz CT molecular complexity index is 1020. The molecule has 0 heterocycles. The minimum absolute atomic E-state index is 0.260. The van der Waals surface area contributed by atoms with E-state index in [1.165, 1.54) is 6.08 Å². The van der Waals surface area contributed by atoms with E-state index in [9.17, 15) is 9.59 Å². The second kappa shape index (κ2) is 8.80. The molecule has 0 fully saturated rings. The van der Waals surface area contributed by atoms with Crippen LogP contribution in [0.5, 0.6) is 0 Å². The molecule has 0 atom stereocenters. The Kier molecular flexibility index (Phi) is 6.22. The molecule has 0 aliphatic heterocycles. The van der Waals surface area contributed by atoms with Gasteiger partial charge in [-0.05, 0) is 42.0 Å². The number of rotatable bonds is 5. The molecule has 0 saturated heterocycles. The van der Waals surface area contributed by atoms with E-state index in [4.69, 9.17) is 11.6 Å². The van der Waals surface area contributed by atoms with E-state index < -0.39 is 0 Å². The van der Waals surface area contributed by atoms with E-state index in [0.29, 0.717) is 21.8 Å². The van der Waals surface area contributed by atoms with Gasteiger partial charge in [0.1, 0.15) is 0 Å². The summed E-state index contributed by atoms with van der Waals surface area (Å²) in [5.41, 5.74) is 2.08. The molecule has 5 heteroatoms. The standard InChI is InChI=1S/C22H15BrClNO2/c23-16-11-12-20(25-21(26)13-10-15-6-2-1-3-7-15)18(14-16)22(27)17-8-4-5-9-19(17)24/h1-14H,(H,25,26). The second-order valence-electron chi connectivity index (χ2n) is 5.73. The minimum atomic E-state index is -0.325. The predicted molar refractivity (Wildman–Crippen MR) is 113 cm³/mol. The molecular weight excluding hydrogens is 426 g/mol. The van der Waals surface area contributed by atoms with Crippen LogP contribution in [0.1, 0.15) is 21.5 Å². The highest BCUT2D eigenvalue weighted by molar-refractivity contribution is 9.10. The van der Waals surface area contributed by atoms with Gasteiger partial charge < -0.3 is 5.32 Å². The summed E-state index contributed by atoms with van der Waals surface area (Å²) >= 11 is 9.52. The summed E-state index contributed by atoms with van der Waals surface area (Å²) < 4.78 is 0.732. The van der Waals surface area contributed by atoms with Crippen LogP contribution in [0, 0.1) is 0 Å². The van der Waals surface area contributed by atoms with Gasteiger partial charge in [0.15, 0.2) is 5.78 Å². The SMILES string of the molecule is O=C(C=Cc1ccccc1)Nc1ccc(Br)cc1C(=O)c1ccccc1Cl. The van der Waals surface area contributed by atoms with Crippen molar-refractivity contribution in [1.82, 2.24) is 0 Å². The molecule has 3 nitrogen and oxygen atoms in total. The summed E-state index contributed by atoms with van der Waals surface area (Å²) in [6.45, 7) is 0. The number of benzene rings is 3. The molecule has 0 aromatic heterocycles. The number of halogens is 2. The van der Waals surface area contributed by atoms with Crippen molar-refractivity contribution in [3.63, 3.8) is 0 Å². The number of carbonyl (C=O) groups is 2. The van der Waals surface area contributed by atoms with E-state index in [1.54, 1.807) is 48.5 Å². The van der Waals surface area contributed by atoms with Crippen molar-refractivity contribution in [1.29, 1.82) is 0 Å². The van der Waals surface area contributed by atoms with Crippen LogP contribution < -0.4 is 5.32 Å². The molecule has 3 aromatic carbocycles. The normalized spacial score (nSPS) is 10.7. The van der Waals surface area contributed by atoms with Crippen molar-refractivity contribution in [3.8, 4) is 0 Å². The van der Waals surface area contributed by atoms with Gasteiger partial charge in [-0.1, -0.05) is 70.0 Å². The van der Waals surface area contributed by atoms with Crippen molar-refractivity contribution in [2.75, 3.05) is 5.32 Å². The number of nitrogens with one attached hydrogen (secondary N) is 1. The fourth-order valence-corrected chi connectivity index (χ4v) is 3.10. The molecule has 0 bridgehead atoms. The van der Waals surface area contributed by atoms with E-state index in [0.717, 1.165) is 10.0 Å². The fourth-order valence-electron chi connectivity index (χ4n) is 2.51. The van der Waals surface area contributed by atoms with Crippen molar-refractivity contribution in [2.45, 2.75) is 0 Å². The van der Waals surface area contributed by atoms with Crippen molar-refractivity contribution in [2.24, 2.45) is 0 Å². The van der Waals surface area contributed by atoms with E-state index in [-0.39, 0.29) is 11.7 Å². The highest BCUT2D eigenvalue weighted by Crippen LogP contribution is 2.26. The third-order valence-corrected chi connectivity index (χ3v) is 4.65. The van der Waals surface area contributed by atoms with Gasteiger partial charge in [0.25, 0.3) is 0 Å². The van der Waals surface area contributed by atoms with Gasteiger partial charge in [-0.3, -0.25) is 9.59 Å². The number of amides is 1. The van der Waals surface area contributed by atoms with Crippen LogP contribution in [0.4, 0.5) is 5.69 Å². The summed E-state index contributed by atoms with van der Waals surface area (Å²) in [5.74, 6) is -0.585. The summed E-state index contributed by atoms with van der Waals surface area (Å²) in [6.07, 6.45) is 3.14. The topological polar surface area (TPSA) is 46.2 Å². The zero-order valence-electron chi connectivity index (χ0n) is 14.2. The molecule has 134 valence electrons. The first-order chi connectivity index (χ1) is 13.0. The lowest BCUT2D eigenvalue weighted by Gasteiger charge is -2.11. The van der Waals surface area contributed by atoms with Crippen molar-refractivity contribution >= 4 is 51.0 Å². The summed E-state index contributed by atoms with van der Waals surface area (Å²) in [5, 5.41) is 3.13. The summed E-state index contributed by atoms with van der Waals surface area (Å²) in [7, 11) is 0. The molecule has 1 amide bonds. The number of carbonyl (C=O) groups excluding carboxylic acids is 2. The Balaban J connectivity index is 1.86. The van der Waals surface area contributed by atoms with Crippen LogP contribution in [0.25, 0.3) is 6.08 Å². The molecule has 0 unspecified atom stereocenters. The monoisotopic (exact) mass is 439 g/mol. The average Bonchev–Trinajstić information content (AvgIpc) is 2.68. The Labute approximate surface area is 170 Å². The molecule has 0 spiro atoms. The van der Waals surface area contributed by atoms with E-state index >= 15 is 0 Å². The maximum absolute atomic E-state index is 12.9. The molecule has 0 saturated carbocycles. The molecule has 0 radical (unpaired) electrons. The summed E-state index contributed by atoms with van der Waals surface area (Å²) in [6, 6.07) is 21.4. The first kappa shape index (κ1) is 19.1. The maximum Gasteiger partial charge on any atom is 0.248 e. The van der Waals surface area contributed by atoms with Crippen LogP contribution in [-0.4, -0.2) is 11.7 Å². The van der Waals surface area contributed by atoms with Gasteiger partial charge in [0.2, 0.25) is 5.91 Å². The molecule has 1 N–H and O–H groups in total. The van der Waals surface area contributed by atoms with Crippen LogP contribution >= 0.6 is 27.5 Å². The zero-order chi connectivity index (χ0) is 19.2. The minimum Gasteiger partial charge on any atom is -0.322 e. The molecule has 3 rings (SSSR count). The Morgan fingerprint density at radius 3 is 2.33 bits per heavy atom. The Morgan fingerprint density at radius 1 is 0.889 bits per heavy atom. The lowest BCUT2D eigenvalue weighted by Crippen LogP contribution is -2.13. The van der Waals surface area contributed by atoms with Gasteiger partial charge in [0, 0.05) is 21.7 Å². The number of hydrogen-bond donors (Lipinski definition) is 1. The second-order valence-corrected chi connectivity index (χ2v) is 7.06. The lowest BCUT2D eigenvalue weighted by atomic mass is 10.0. The number of ketones is 1. The Morgan fingerprint density at radius 2 is 1.59 bits per heavy atom. The van der Waals surface area contributed by atoms with Gasteiger partial charge in [-0.2, -0.15) is 0 Å². The van der Waals surface area contributed by atoms with Gasteiger partial charge in [-0.15, -0.1) is 0 Å². The largest absolute Gasteiger partial charge is 0.322 e. The summed E-state index contributed by atoms with van der Waals surface area (Å²) in [4.78, 5) is 25.2. The zero-order valence-corrected chi connectivity index (χ0v) is 16.5. The molecule has 3 aromatic rings. The first-order valence-corrected chi connectivity index (χ1v) is 9.34. The lowest BCUT2D eigenvalue weighted by molar-refractivity contribution is -0.111.